The van der Waals surface area contributed by atoms with E-state index in [1.807, 2.05) is 0 Å². The van der Waals surface area contributed by atoms with Gasteiger partial charge < -0.3 is 10.1 Å². The average Bonchev–Trinajstić information content (AvgIpc) is 2.44. The summed E-state index contributed by atoms with van der Waals surface area (Å²) in [5, 5.41) is 2.56. The molecule has 0 spiro atoms. The molecule has 0 fully saturated rings. The highest BCUT2D eigenvalue weighted by atomic mass is 79.9. The molecule has 0 saturated heterocycles. The highest BCUT2D eigenvalue weighted by Gasteiger charge is 2.17. The number of hydrogen-bond donors (Lipinski definition) is 1. The second-order valence-corrected chi connectivity index (χ2v) is 5.25. The number of amides is 1. The fourth-order valence-electron chi connectivity index (χ4n) is 1.59. The molecule has 0 aliphatic heterocycles. The van der Waals surface area contributed by atoms with E-state index in [-0.39, 0.29) is 5.75 Å². The number of carbonyl (C=O) groups excluding carboxylic acids is 1. The smallest absolute Gasteiger partial charge is 0.265 e. The van der Waals surface area contributed by atoms with Gasteiger partial charge in [0.25, 0.3) is 5.91 Å². The van der Waals surface area contributed by atoms with Crippen LogP contribution in [0.2, 0.25) is 0 Å². The van der Waals surface area contributed by atoms with Gasteiger partial charge in [0.2, 0.25) is 0 Å². The van der Waals surface area contributed by atoms with Crippen molar-refractivity contribution in [3.8, 4) is 5.75 Å². The standard InChI is InChI=1S/C15H12BrF2NO2/c1-9(21-14-7-2-10(16)8-13(14)18)15(20)19-12-5-3-11(17)4-6-12/h2-9H,1H3,(H,19,20)/t9-/m1/s1. The quantitative estimate of drug-likeness (QED) is 0.895. The first-order valence-corrected chi connectivity index (χ1v) is 6.93. The van der Waals surface area contributed by atoms with E-state index in [9.17, 15) is 13.6 Å². The van der Waals surface area contributed by atoms with Crippen LogP contribution in [0.25, 0.3) is 0 Å². The largest absolute Gasteiger partial charge is 0.478 e. The average molecular weight is 356 g/mol. The molecule has 2 rings (SSSR count). The summed E-state index contributed by atoms with van der Waals surface area (Å²) < 4.78 is 32.2. The van der Waals surface area contributed by atoms with Crippen LogP contribution in [0.5, 0.6) is 5.75 Å². The van der Waals surface area contributed by atoms with Gasteiger partial charge in [0.05, 0.1) is 0 Å². The Morgan fingerprint density at radius 2 is 1.86 bits per heavy atom. The number of nitrogens with one attached hydrogen (secondary N) is 1. The molecule has 1 amide bonds. The monoisotopic (exact) mass is 355 g/mol. The van der Waals surface area contributed by atoms with Crippen LogP contribution in [0, 0.1) is 11.6 Å². The Morgan fingerprint density at radius 1 is 1.19 bits per heavy atom. The lowest BCUT2D eigenvalue weighted by Gasteiger charge is -2.15. The van der Waals surface area contributed by atoms with E-state index >= 15 is 0 Å². The van der Waals surface area contributed by atoms with E-state index in [1.54, 1.807) is 6.07 Å². The van der Waals surface area contributed by atoms with Crippen molar-refractivity contribution in [1.29, 1.82) is 0 Å². The fraction of sp³-hybridized carbons (Fsp3) is 0.133. The van der Waals surface area contributed by atoms with Crippen LogP contribution in [0.15, 0.2) is 46.9 Å². The minimum atomic E-state index is -0.897. The Bertz CT molecular complexity index is 647. The molecule has 0 aromatic heterocycles. The van der Waals surface area contributed by atoms with Gasteiger partial charge in [-0.25, -0.2) is 8.78 Å². The number of rotatable bonds is 4. The molecular weight excluding hydrogens is 344 g/mol. The Morgan fingerprint density at radius 3 is 2.48 bits per heavy atom. The van der Waals surface area contributed by atoms with Crippen molar-refractivity contribution in [2.24, 2.45) is 0 Å². The van der Waals surface area contributed by atoms with Crippen molar-refractivity contribution < 1.29 is 18.3 Å². The van der Waals surface area contributed by atoms with Gasteiger partial charge >= 0.3 is 0 Å². The first-order chi connectivity index (χ1) is 9.95. The SMILES string of the molecule is C[C@@H](Oc1ccc(Br)cc1F)C(=O)Nc1ccc(F)cc1. The van der Waals surface area contributed by atoms with Crippen LogP contribution in [0.3, 0.4) is 0 Å². The summed E-state index contributed by atoms with van der Waals surface area (Å²) in [7, 11) is 0. The van der Waals surface area contributed by atoms with Crippen LogP contribution in [-0.4, -0.2) is 12.0 Å². The Hall–Kier alpha value is -1.95. The van der Waals surface area contributed by atoms with Crippen LogP contribution in [0.4, 0.5) is 14.5 Å². The van der Waals surface area contributed by atoms with Gasteiger partial charge in [-0.05, 0) is 49.4 Å². The highest BCUT2D eigenvalue weighted by molar-refractivity contribution is 9.10. The van der Waals surface area contributed by atoms with E-state index in [2.05, 4.69) is 21.2 Å². The van der Waals surface area contributed by atoms with Gasteiger partial charge in [0, 0.05) is 10.2 Å². The molecule has 21 heavy (non-hydrogen) atoms. The summed E-state index contributed by atoms with van der Waals surface area (Å²) in [4.78, 5) is 11.9. The van der Waals surface area contributed by atoms with Gasteiger partial charge in [-0.1, -0.05) is 15.9 Å². The summed E-state index contributed by atoms with van der Waals surface area (Å²) in [5.74, 6) is -1.43. The number of ether oxygens (including phenoxy) is 1. The molecule has 3 nitrogen and oxygen atoms in total. The van der Waals surface area contributed by atoms with Gasteiger partial charge in [-0.3, -0.25) is 4.79 Å². The van der Waals surface area contributed by atoms with E-state index in [0.717, 1.165) is 0 Å². The summed E-state index contributed by atoms with van der Waals surface area (Å²) in [5.41, 5.74) is 0.438. The van der Waals surface area contributed by atoms with Crippen molar-refractivity contribution >= 4 is 27.5 Å². The maximum Gasteiger partial charge on any atom is 0.265 e. The van der Waals surface area contributed by atoms with Crippen LogP contribution in [-0.2, 0) is 4.79 Å². The molecule has 2 aromatic carbocycles. The summed E-state index contributed by atoms with van der Waals surface area (Å²) in [6, 6.07) is 9.62. The molecule has 0 aliphatic rings. The van der Waals surface area contributed by atoms with Crippen molar-refractivity contribution in [2.75, 3.05) is 5.32 Å². The zero-order valence-corrected chi connectivity index (χ0v) is 12.7. The topological polar surface area (TPSA) is 38.3 Å². The minimum Gasteiger partial charge on any atom is -0.478 e. The number of anilines is 1. The molecule has 0 radical (unpaired) electrons. The zero-order valence-electron chi connectivity index (χ0n) is 11.1. The third kappa shape index (κ3) is 4.26. The molecule has 1 N–H and O–H groups in total. The lowest BCUT2D eigenvalue weighted by atomic mass is 10.3. The maximum absolute atomic E-state index is 13.6. The Labute approximate surface area is 129 Å². The molecule has 0 bridgehead atoms. The predicted octanol–water partition coefficient (Wildman–Crippen LogP) is 4.13. The minimum absolute atomic E-state index is 0.0139. The molecule has 6 heteroatoms. The van der Waals surface area contributed by atoms with E-state index in [0.29, 0.717) is 10.2 Å². The molecule has 1 atom stereocenters. The van der Waals surface area contributed by atoms with E-state index < -0.39 is 23.6 Å². The van der Waals surface area contributed by atoms with Crippen LogP contribution >= 0.6 is 15.9 Å². The maximum atomic E-state index is 13.6. The van der Waals surface area contributed by atoms with E-state index in [4.69, 9.17) is 4.74 Å². The van der Waals surface area contributed by atoms with Crippen molar-refractivity contribution in [2.45, 2.75) is 13.0 Å². The van der Waals surface area contributed by atoms with Gasteiger partial charge in [-0.2, -0.15) is 0 Å². The van der Waals surface area contributed by atoms with Crippen molar-refractivity contribution in [1.82, 2.24) is 0 Å². The van der Waals surface area contributed by atoms with Crippen LogP contribution in [0.1, 0.15) is 6.92 Å². The molecule has 0 heterocycles. The van der Waals surface area contributed by atoms with Crippen molar-refractivity contribution in [3.05, 3.63) is 58.6 Å². The molecule has 0 saturated carbocycles. The number of halogens is 3. The van der Waals surface area contributed by atoms with Gasteiger partial charge in [0.1, 0.15) is 5.82 Å². The third-order valence-electron chi connectivity index (χ3n) is 2.68. The second-order valence-electron chi connectivity index (χ2n) is 4.33. The van der Waals surface area contributed by atoms with Gasteiger partial charge in [0.15, 0.2) is 17.7 Å². The normalized spacial score (nSPS) is 11.8. The first kappa shape index (κ1) is 15.4. The lowest BCUT2D eigenvalue weighted by molar-refractivity contribution is -0.122. The number of benzene rings is 2. The molecular formula is C15H12BrF2NO2. The Balaban J connectivity index is 2.00. The summed E-state index contributed by atoms with van der Waals surface area (Å²) in [6.45, 7) is 1.50. The molecule has 0 aliphatic carbocycles. The van der Waals surface area contributed by atoms with Crippen LogP contribution < -0.4 is 10.1 Å². The second kappa shape index (κ2) is 6.67. The van der Waals surface area contributed by atoms with Gasteiger partial charge in [-0.15, -0.1) is 0 Å². The fourth-order valence-corrected chi connectivity index (χ4v) is 1.93. The molecule has 110 valence electrons. The summed E-state index contributed by atoms with van der Waals surface area (Å²) >= 11 is 3.14. The molecule has 0 unspecified atom stereocenters. The molecule has 2 aromatic rings. The predicted molar refractivity (Wildman–Crippen MR) is 79.2 cm³/mol. The third-order valence-corrected chi connectivity index (χ3v) is 3.17. The first-order valence-electron chi connectivity index (χ1n) is 6.14. The summed E-state index contributed by atoms with van der Waals surface area (Å²) in [6.07, 6.45) is -0.897. The van der Waals surface area contributed by atoms with Crippen molar-refractivity contribution in [3.63, 3.8) is 0 Å². The Kier molecular flexibility index (Phi) is 4.90. The highest BCUT2D eigenvalue weighted by Crippen LogP contribution is 2.22. The lowest BCUT2D eigenvalue weighted by Crippen LogP contribution is -2.30. The number of hydrogen-bond acceptors (Lipinski definition) is 2. The zero-order chi connectivity index (χ0) is 15.4. The number of carbonyl (C=O) groups is 1. The van der Waals surface area contributed by atoms with E-state index in [1.165, 1.54) is 43.3 Å².